The number of carboxylic acid groups (broad SMARTS) is 1. The van der Waals surface area contributed by atoms with Crippen LogP contribution in [0.25, 0.3) is 0 Å². The Balaban J connectivity index is 2.39. The zero-order valence-corrected chi connectivity index (χ0v) is 9.25. The molecule has 0 bridgehead atoms. The van der Waals surface area contributed by atoms with Gasteiger partial charge in [0, 0.05) is 0 Å². The molecule has 6 heteroatoms. The van der Waals surface area contributed by atoms with Crippen molar-refractivity contribution in [3.05, 3.63) is 47.5 Å². The van der Waals surface area contributed by atoms with E-state index in [9.17, 15) is 14.4 Å². The number of benzene rings is 1. The zero-order chi connectivity index (χ0) is 13.3. The normalized spacial score (nSPS) is 13.7. The van der Waals surface area contributed by atoms with Crippen LogP contribution >= 0.6 is 0 Å². The average Bonchev–Trinajstić information content (AvgIpc) is 2.59. The number of amides is 2. The van der Waals surface area contributed by atoms with Crippen molar-refractivity contribution in [2.24, 2.45) is 0 Å². The third-order valence-electron chi connectivity index (χ3n) is 2.42. The molecule has 0 atom stereocenters. The minimum atomic E-state index is -1.16. The first kappa shape index (κ1) is 12.0. The van der Waals surface area contributed by atoms with Crippen molar-refractivity contribution in [3.8, 4) is 0 Å². The maximum absolute atomic E-state index is 11.8. The van der Waals surface area contributed by atoms with Crippen molar-refractivity contribution in [1.29, 1.82) is 0 Å². The predicted molar refractivity (Wildman–Crippen MR) is 60.1 cm³/mol. The van der Waals surface area contributed by atoms with Crippen molar-refractivity contribution in [1.82, 2.24) is 5.06 Å². The highest BCUT2D eigenvalue weighted by molar-refractivity contribution is 6.21. The molecule has 0 radical (unpaired) electrons. The first-order valence-corrected chi connectivity index (χ1v) is 5.06. The second-order valence-corrected chi connectivity index (χ2v) is 3.55. The van der Waals surface area contributed by atoms with Gasteiger partial charge in [0.25, 0.3) is 11.8 Å². The molecule has 6 nitrogen and oxygen atoms in total. The summed E-state index contributed by atoms with van der Waals surface area (Å²) < 4.78 is 0. The largest absolute Gasteiger partial charge is 0.478 e. The van der Waals surface area contributed by atoms with E-state index in [2.05, 4.69) is 6.58 Å². The topological polar surface area (TPSA) is 83.9 Å². The molecule has 1 aromatic carbocycles. The monoisotopic (exact) mass is 247 g/mol. The van der Waals surface area contributed by atoms with Gasteiger partial charge in [0.1, 0.15) is 0 Å². The maximum atomic E-state index is 11.8. The number of carbonyl (C=O) groups is 3. The minimum absolute atomic E-state index is 0.0112. The van der Waals surface area contributed by atoms with Crippen molar-refractivity contribution >= 4 is 17.8 Å². The van der Waals surface area contributed by atoms with Crippen LogP contribution in [0.3, 0.4) is 0 Å². The fourth-order valence-electron chi connectivity index (χ4n) is 1.60. The molecule has 0 saturated heterocycles. The van der Waals surface area contributed by atoms with Gasteiger partial charge in [0.2, 0.25) is 0 Å². The minimum Gasteiger partial charge on any atom is -0.478 e. The number of hydroxylamine groups is 2. The lowest BCUT2D eigenvalue weighted by atomic mass is 10.1. The third-order valence-corrected chi connectivity index (χ3v) is 2.42. The molecule has 0 fully saturated rings. The fraction of sp³-hybridized carbons (Fsp3) is 0.0833. The Labute approximate surface area is 102 Å². The van der Waals surface area contributed by atoms with Gasteiger partial charge in [0.05, 0.1) is 23.3 Å². The lowest BCUT2D eigenvalue weighted by Gasteiger charge is -2.10. The third kappa shape index (κ3) is 1.78. The smallest absolute Gasteiger partial charge is 0.335 e. The van der Waals surface area contributed by atoms with Gasteiger partial charge >= 0.3 is 5.97 Å². The van der Waals surface area contributed by atoms with Gasteiger partial charge in [-0.15, -0.1) is 11.6 Å². The molecule has 92 valence electrons. The van der Waals surface area contributed by atoms with Crippen molar-refractivity contribution in [3.63, 3.8) is 0 Å². The molecule has 0 aromatic heterocycles. The van der Waals surface area contributed by atoms with E-state index in [1.165, 1.54) is 18.2 Å². The average molecular weight is 247 g/mol. The molecule has 1 aliphatic rings. The van der Waals surface area contributed by atoms with E-state index in [0.29, 0.717) is 5.06 Å². The Morgan fingerprint density at radius 3 is 2.61 bits per heavy atom. The summed E-state index contributed by atoms with van der Waals surface area (Å²) in [6, 6.07) is 3.73. The molecule has 2 amide bonds. The number of nitrogens with zero attached hydrogens (tertiary/aromatic N) is 1. The Morgan fingerprint density at radius 2 is 2.00 bits per heavy atom. The van der Waals surface area contributed by atoms with Crippen LogP contribution in [0.5, 0.6) is 0 Å². The molecule has 2 rings (SSSR count). The van der Waals surface area contributed by atoms with Gasteiger partial charge in [-0.1, -0.05) is 6.08 Å². The van der Waals surface area contributed by atoms with E-state index in [1.54, 1.807) is 0 Å². The Morgan fingerprint density at radius 1 is 1.33 bits per heavy atom. The molecule has 0 saturated carbocycles. The molecule has 0 spiro atoms. The summed E-state index contributed by atoms with van der Waals surface area (Å²) in [7, 11) is 0. The van der Waals surface area contributed by atoms with Gasteiger partial charge in [-0.3, -0.25) is 14.4 Å². The first-order chi connectivity index (χ1) is 8.56. The van der Waals surface area contributed by atoms with Crippen LogP contribution in [-0.2, 0) is 4.84 Å². The van der Waals surface area contributed by atoms with E-state index in [4.69, 9.17) is 9.94 Å². The van der Waals surface area contributed by atoms with Crippen LogP contribution in [0.15, 0.2) is 30.9 Å². The number of fused-ring (bicyclic) bond motifs is 1. The summed E-state index contributed by atoms with van der Waals surface area (Å²) in [5.74, 6) is -2.43. The quantitative estimate of drug-likeness (QED) is 0.636. The standard InChI is InChI=1S/C12H9NO5/c1-2-5-18-13-10(14)8-4-3-7(12(16)17)6-9(8)11(13)15/h2-4,6H,1,5H2,(H,16,17). The molecule has 0 aliphatic carbocycles. The van der Waals surface area contributed by atoms with Crippen molar-refractivity contribution < 1.29 is 24.3 Å². The van der Waals surface area contributed by atoms with Crippen molar-refractivity contribution in [2.45, 2.75) is 0 Å². The van der Waals surface area contributed by atoms with E-state index < -0.39 is 17.8 Å². The SMILES string of the molecule is C=CCON1C(=O)c2ccc(C(=O)O)cc2C1=O. The zero-order valence-electron chi connectivity index (χ0n) is 9.25. The van der Waals surface area contributed by atoms with E-state index in [0.717, 1.165) is 6.07 Å². The Bertz CT molecular complexity index is 564. The molecule has 1 aromatic rings. The summed E-state index contributed by atoms with van der Waals surface area (Å²) in [6.45, 7) is 3.42. The van der Waals surface area contributed by atoms with Gasteiger partial charge < -0.3 is 5.11 Å². The van der Waals surface area contributed by atoms with E-state index in [1.807, 2.05) is 0 Å². The summed E-state index contributed by atoms with van der Waals surface area (Å²) in [5.41, 5.74) is 0.110. The Kier molecular flexibility index (Phi) is 2.95. The predicted octanol–water partition coefficient (Wildman–Crippen LogP) is 1.10. The van der Waals surface area contributed by atoms with Gasteiger partial charge in [-0.2, -0.15) is 0 Å². The number of carboxylic acids is 1. The molecular formula is C12H9NO5. The number of hydrogen-bond donors (Lipinski definition) is 1. The molecule has 1 N–H and O–H groups in total. The van der Waals surface area contributed by atoms with Crippen LogP contribution in [0.4, 0.5) is 0 Å². The molecule has 1 heterocycles. The lowest BCUT2D eigenvalue weighted by Crippen LogP contribution is -2.29. The number of carbonyl (C=O) groups excluding carboxylic acids is 2. The highest BCUT2D eigenvalue weighted by Gasteiger charge is 2.37. The summed E-state index contributed by atoms with van der Waals surface area (Å²) >= 11 is 0. The summed E-state index contributed by atoms with van der Waals surface area (Å²) in [6.07, 6.45) is 1.40. The maximum Gasteiger partial charge on any atom is 0.335 e. The fourth-order valence-corrected chi connectivity index (χ4v) is 1.60. The van der Waals surface area contributed by atoms with E-state index >= 15 is 0 Å². The summed E-state index contributed by atoms with van der Waals surface area (Å²) in [5, 5.41) is 9.43. The number of hydrogen-bond acceptors (Lipinski definition) is 4. The van der Waals surface area contributed by atoms with Crippen LogP contribution in [0.2, 0.25) is 0 Å². The van der Waals surface area contributed by atoms with Crippen LogP contribution in [0.1, 0.15) is 31.1 Å². The highest BCUT2D eigenvalue weighted by Crippen LogP contribution is 2.24. The second-order valence-electron chi connectivity index (χ2n) is 3.55. The van der Waals surface area contributed by atoms with Gasteiger partial charge in [0.15, 0.2) is 0 Å². The van der Waals surface area contributed by atoms with Gasteiger partial charge in [-0.25, -0.2) is 4.79 Å². The number of rotatable bonds is 4. The lowest BCUT2D eigenvalue weighted by molar-refractivity contribution is -0.0801. The number of imide groups is 1. The van der Waals surface area contributed by atoms with Crippen LogP contribution in [-0.4, -0.2) is 34.6 Å². The molecular weight excluding hydrogens is 238 g/mol. The van der Waals surface area contributed by atoms with Crippen LogP contribution in [0, 0.1) is 0 Å². The van der Waals surface area contributed by atoms with E-state index in [-0.39, 0.29) is 23.3 Å². The highest BCUT2D eigenvalue weighted by atomic mass is 16.7. The first-order valence-electron chi connectivity index (χ1n) is 5.06. The van der Waals surface area contributed by atoms with Crippen molar-refractivity contribution in [2.75, 3.05) is 6.61 Å². The molecule has 0 unspecified atom stereocenters. The van der Waals surface area contributed by atoms with Gasteiger partial charge in [-0.05, 0) is 18.2 Å². The second kappa shape index (κ2) is 4.42. The summed E-state index contributed by atoms with van der Waals surface area (Å²) in [4.78, 5) is 39.3. The molecule has 18 heavy (non-hydrogen) atoms. The number of aromatic carboxylic acids is 1. The van der Waals surface area contributed by atoms with Crippen LogP contribution < -0.4 is 0 Å². The Hall–Kier alpha value is -2.47. The molecule has 1 aliphatic heterocycles.